The van der Waals surface area contributed by atoms with Crippen LogP contribution >= 0.6 is 0 Å². The monoisotopic (exact) mass is 537 g/mol. The molecular weight excluding hydrogens is 507 g/mol. The van der Waals surface area contributed by atoms with E-state index in [2.05, 4.69) is 15.2 Å². The first-order valence-corrected chi connectivity index (χ1v) is 12.6. The van der Waals surface area contributed by atoms with Crippen molar-refractivity contribution in [2.45, 2.75) is 50.9 Å². The fourth-order valence-corrected chi connectivity index (χ4v) is 4.74. The lowest BCUT2D eigenvalue weighted by atomic mass is 9.92. The van der Waals surface area contributed by atoms with Crippen LogP contribution in [0.15, 0.2) is 36.5 Å². The van der Waals surface area contributed by atoms with Crippen molar-refractivity contribution in [3.8, 4) is 5.75 Å². The third-order valence-corrected chi connectivity index (χ3v) is 6.69. The van der Waals surface area contributed by atoms with Gasteiger partial charge in [-0.2, -0.15) is 13.2 Å². The van der Waals surface area contributed by atoms with Crippen LogP contribution in [0.25, 0.3) is 0 Å². The molecule has 0 atom stereocenters. The van der Waals surface area contributed by atoms with Crippen molar-refractivity contribution in [1.29, 1.82) is 0 Å². The average Bonchev–Trinajstić information content (AvgIpc) is 2.89. The highest BCUT2D eigenvalue weighted by Gasteiger charge is 2.38. The lowest BCUT2D eigenvalue weighted by Crippen LogP contribution is -2.49. The number of pyridine rings is 1. The molecule has 0 bridgehead atoms. The number of nitro benzene ring substituents is 1. The van der Waals surface area contributed by atoms with Crippen molar-refractivity contribution in [2.24, 2.45) is 0 Å². The van der Waals surface area contributed by atoms with Crippen molar-refractivity contribution in [3.63, 3.8) is 0 Å². The summed E-state index contributed by atoms with van der Waals surface area (Å²) in [5.41, 5.74) is -2.02. The zero-order chi connectivity index (χ0) is 27.3. The summed E-state index contributed by atoms with van der Waals surface area (Å²) >= 11 is 0. The van der Waals surface area contributed by atoms with E-state index in [0.29, 0.717) is 64.2 Å². The Kier molecular flexibility index (Phi) is 8.42. The van der Waals surface area contributed by atoms with Crippen molar-refractivity contribution in [3.05, 3.63) is 52.2 Å². The number of halogens is 3. The van der Waals surface area contributed by atoms with Gasteiger partial charge in [0.2, 0.25) is 0 Å². The Labute approximate surface area is 217 Å². The van der Waals surface area contributed by atoms with Crippen LogP contribution in [0.3, 0.4) is 0 Å². The smallest absolute Gasteiger partial charge is 0.423 e. The second-order valence-corrected chi connectivity index (χ2v) is 9.25. The molecule has 1 N–H and O–H groups in total. The highest BCUT2D eigenvalue weighted by molar-refractivity contribution is 5.68. The number of hydrogen-bond acceptors (Lipinski definition) is 8. The van der Waals surface area contributed by atoms with Crippen LogP contribution in [0.1, 0.15) is 38.2 Å². The zero-order valence-electron chi connectivity index (χ0n) is 20.9. The summed E-state index contributed by atoms with van der Waals surface area (Å²) in [6.07, 6.45) is -0.734. The van der Waals surface area contributed by atoms with Crippen molar-refractivity contribution < 1.29 is 32.4 Å². The third-order valence-electron chi connectivity index (χ3n) is 6.69. The molecule has 1 aliphatic heterocycles. The van der Waals surface area contributed by atoms with Gasteiger partial charge in [-0.25, -0.2) is 9.78 Å². The molecule has 1 amide bonds. The van der Waals surface area contributed by atoms with E-state index in [-0.39, 0.29) is 23.9 Å². The van der Waals surface area contributed by atoms with E-state index >= 15 is 0 Å². The minimum atomic E-state index is -4.82. The SMILES string of the molecule is CCOC(=O)N1CCN(c2cc(OC3CCC(Nc4ccc([N+](=O)[O-])c(C(F)(F)F)c4)CC3)ccn2)CC1. The Hall–Kier alpha value is -3.77. The van der Waals surface area contributed by atoms with Crippen LogP contribution < -0.4 is 15.0 Å². The van der Waals surface area contributed by atoms with Crippen LogP contribution in [0.4, 0.5) is 35.2 Å². The molecule has 1 saturated carbocycles. The molecule has 4 rings (SSSR count). The highest BCUT2D eigenvalue weighted by atomic mass is 19.4. The van der Waals surface area contributed by atoms with Gasteiger partial charge in [0.1, 0.15) is 17.1 Å². The molecule has 13 heteroatoms. The lowest BCUT2D eigenvalue weighted by Gasteiger charge is -2.35. The molecule has 1 saturated heterocycles. The fourth-order valence-electron chi connectivity index (χ4n) is 4.74. The van der Waals surface area contributed by atoms with Crippen molar-refractivity contribution in [1.82, 2.24) is 9.88 Å². The Balaban J connectivity index is 1.29. The topological polar surface area (TPSA) is 110 Å². The normalized spacial score (nSPS) is 20.1. The molecule has 2 aromatic rings. The van der Waals surface area contributed by atoms with Gasteiger partial charge >= 0.3 is 12.3 Å². The lowest BCUT2D eigenvalue weighted by molar-refractivity contribution is -0.388. The van der Waals surface area contributed by atoms with Gasteiger partial charge in [0.15, 0.2) is 0 Å². The van der Waals surface area contributed by atoms with Crippen LogP contribution in [-0.4, -0.2) is 65.8 Å². The fraction of sp³-hybridized carbons (Fsp3) is 0.520. The Bertz CT molecular complexity index is 1130. The molecule has 0 radical (unpaired) electrons. The summed E-state index contributed by atoms with van der Waals surface area (Å²) in [5.74, 6) is 1.45. The predicted molar refractivity (Wildman–Crippen MR) is 133 cm³/mol. The molecule has 206 valence electrons. The summed E-state index contributed by atoms with van der Waals surface area (Å²) in [5, 5.41) is 14.1. The number of rotatable bonds is 7. The van der Waals surface area contributed by atoms with Gasteiger partial charge in [-0.3, -0.25) is 10.1 Å². The van der Waals surface area contributed by atoms with Gasteiger partial charge in [-0.15, -0.1) is 0 Å². The van der Waals surface area contributed by atoms with Gasteiger partial charge in [0, 0.05) is 56.2 Å². The highest BCUT2D eigenvalue weighted by Crippen LogP contribution is 2.38. The molecule has 2 heterocycles. The molecule has 1 aliphatic carbocycles. The third kappa shape index (κ3) is 6.75. The summed E-state index contributed by atoms with van der Waals surface area (Å²) < 4.78 is 51.1. The predicted octanol–water partition coefficient (Wildman–Crippen LogP) is 5.09. The van der Waals surface area contributed by atoms with E-state index in [0.717, 1.165) is 18.0 Å². The zero-order valence-corrected chi connectivity index (χ0v) is 20.9. The number of anilines is 2. The summed E-state index contributed by atoms with van der Waals surface area (Å²) in [6, 6.07) is 6.59. The largest absolute Gasteiger partial charge is 0.490 e. The van der Waals surface area contributed by atoms with Crippen LogP contribution in [-0.2, 0) is 10.9 Å². The van der Waals surface area contributed by atoms with E-state index < -0.39 is 22.4 Å². The number of nitro groups is 1. The maximum atomic E-state index is 13.3. The van der Waals surface area contributed by atoms with Crippen LogP contribution in [0.5, 0.6) is 5.75 Å². The van der Waals surface area contributed by atoms with Gasteiger partial charge in [-0.05, 0) is 50.8 Å². The molecule has 0 spiro atoms. The van der Waals surface area contributed by atoms with Crippen LogP contribution in [0.2, 0.25) is 0 Å². The number of alkyl halides is 3. The first-order chi connectivity index (χ1) is 18.1. The summed E-state index contributed by atoms with van der Waals surface area (Å²) in [6.45, 7) is 4.46. The number of amides is 1. The van der Waals surface area contributed by atoms with E-state index in [1.807, 2.05) is 6.07 Å². The number of nitrogens with zero attached hydrogens (tertiary/aromatic N) is 4. The van der Waals surface area contributed by atoms with E-state index in [4.69, 9.17) is 9.47 Å². The second-order valence-electron chi connectivity index (χ2n) is 9.25. The van der Waals surface area contributed by atoms with Crippen LogP contribution in [0, 0.1) is 10.1 Å². The maximum Gasteiger partial charge on any atom is 0.423 e. The second kappa shape index (κ2) is 11.7. The number of aromatic nitrogens is 1. The van der Waals surface area contributed by atoms with Crippen molar-refractivity contribution >= 4 is 23.3 Å². The number of carbonyl (C=O) groups is 1. The molecule has 2 aliphatic rings. The van der Waals surface area contributed by atoms with Gasteiger partial charge in [0.25, 0.3) is 5.69 Å². The first-order valence-electron chi connectivity index (χ1n) is 12.6. The number of benzene rings is 1. The average molecular weight is 538 g/mol. The van der Waals surface area contributed by atoms with Crippen molar-refractivity contribution in [2.75, 3.05) is 43.0 Å². The maximum absolute atomic E-state index is 13.3. The Morgan fingerprint density at radius 1 is 1.13 bits per heavy atom. The molecule has 2 fully saturated rings. The summed E-state index contributed by atoms with van der Waals surface area (Å²) in [7, 11) is 0. The first kappa shape index (κ1) is 27.3. The number of ether oxygens (including phenoxy) is 2. The van der Waals surface area contributed by atoms with E-state index in [1.165, 1.54) is 6.07 Å². The number of hydrogen-bond donors (Lipinski definition) is 1. The molecule has 1 aromatic carbocycles. The van der Waals surface area contributed by atoms with E-state index in [9.17, 15) is 28.1 Å². The molecule has 1 aromatic heterocycles. The van der Waals surface area contributed by atoms with E-state index in [1.54, 1.807) is 24.1 Å². The molecule has 38 heavy (non-hydrogen) atoms. The summed E-state index contributed by atoms with van der Waals surface area (Å²) in [4.78, 5) is 30.1. The quantitative estimate of drug-likeness (QED) is 0.384. The number of carbonyl (C=O) groups excluding carboxylic acids is 1. The number of piperazine rings is 1. The Morgan fingerprint density at radius 3 is 2.47 bits per heavy atom. The Morgan fingerprint density at radius 2 is 1.84 bits per heavy atom. The van der Waals surface area contributed by atoms with Gasteiger partial charge in [0.05, 0.1) is 17.6 Å². The minimum absolute atomic E-state index is 0.0495. The van der Waals surface area contributed by atoms with Gasteiger partial charge in [-0.1, -0.05) is 0 Å². The standard InChI is InChI=1S/C25H30F3N5O5/c1-2-37-24(34)32-13-11-31(12-14-32)23-16-20(9-10-29-23)38-19-6-3-17(4-7-19)30-18-5-8-22(33(35)36)21(15-18)25(26,27)28/h5,8-10,15-17,19,30H,2-4,6-7,11-14H2,1H3. The molecule has 0 unspecified atom stereocenters. The van der Waals surface area contributed by atoms with Gasteiger partial charge < -0.3 is 24.6 Å². The molecule has 10 nitrogen and oxygen atoms in total. The minimum Gasteiger partial charge on any atom is -0.490 e. The number of nitrogens with one attached hydrogen (secondary N) is 1. The molecular formula is C25H30F3N5O5.